The number of hydrogen-bond donors (Lipinski definition) is 1. The highest BCUT2D eigenvalue weighted by Crippen LogP contribution is 2.16. The molecule has 0 spiro atoms. The van der Waals surface area contributed by atoms with Gasteiger partial charge in [-0.15, -0.1) is 12.4 Å². The van der Waals surface area contributed by atoms with Crippen LogP contribution in [0.15, 0.2) is 28.7 Å². The molecule has 2 rings (SSSR count). The SMILES string of the molecule is CN(Cc1cccc(Br)c1)C(=O)CC1CCNC1.Cl. The van der Waals surface area contributed by atoms with Crippen LogP contribution < -0.4 is 5.32 Å². The van der Waals surface area contributed by atoms with Crippen molar-refractivity contribution < 1.29 is 4.79 Å². The fraction of sp³-hybridized carbons (Fsp3) is 0.500. The van der Waals surface area contributed by atoms with E-state index in [1.54, 1.807) is 0 Å². The van der Waals surface area contributed by atoms with Crippen LogP contribution in [0.25, 0.3) is 0 Å². The standard InChI is InChI=1S/C14H19BrN2O.ClH/c1-17(10-12-3-2-4-13(15)7-12)14(18)8-11-5-6-16-9-11;/h2-4,7,11,16H,5-6,8-10H2,1H3;1H. The van der Waals surface area contributed by atoms with Crippen molar-refractivity contribution in [2.75, 3.05) is 20.1 Å². The number of nitrogens with zero attached hydrogens (tertiary/aromatic N) is 1. The van der Waals surface area contributed by atoms with Crippen LogP contribution in [0.1, 0.15) is 18.4 Å². The first kappa shape index (κ1) is 16.5. The molecule has 1 atom stereocenters. The van der Waals surface area contributed by atoms with Crippen molar-refractivity contribution in [2.24, 2.45) is 5.92 Å². The van der Waals surface area contributed by atoms with Crippen molar-refractivity contribution in [3.05, 3.63) is 34.3 Å². The molecule has 0 saturated carbocycles. The molecule has 1 heterocycles. The molecule has 1 unspecified atom stereocenters. The van der Waals surface area contributed by atoms with Crippen LogP contribution in [-0.4, -0.2) is 30.9 Å². The monoisotopic (exact) mass is 346 g/mol. The first-order chi connectivity index (χ1) is 8.65. The summed E-state index contributed by atoms with van der Waals surface area (Å²) in [6.45, 7) is 2.71. The Morgan fingerprint density at radius 3 is 2.95 bits per heavy atom. The summed E-state index contributed by atoms with van der Waals surface area (Å²) < 4.78 is 1.06. The number of rotatable bonds is 4. The summed E-state index contributed by atoms with van der Waals surface area (Å²) in [6, 6.07) is 8.10. The van der Waals surface area contributed by atoms with E-state index in [0.29, 0.717) is 18.9 Å². The van der Waals surface area contributed by atoms with E-state index in [0.717, 1.165) is 29.5 Å². The van der Waals surface area contributed by atoms with Gasteiger partial charge in [-0.25, -0.2) is 0 Å². The van der Waals surface area contributed by atoms with Gasteiger partial charge in [0.1, 0.15) is 0 Å². The molecule has 1 amide bonds. The van der Waals surface area contributed by atoms with Crippen molar-refractivity contribution in [2.45, 2.75) is 19.4 Å². The van der Waals surface area contributed by atoms with E-state index in [4.69, 9.17) is 0 Å². The van der Waals surface area contributed by atoms with Gasteiger partial charge in [0.15, 0.2) is 0 Å². The molecule has 1 saturated heterocycles. The number of carbonyl (C=O) groups is 1. The van der Waals surface area contributed by atoms with Gasteiger partial charge in [-0.1, -0.05) is 28.1 Å². The zero-order chi connectivity index (χ0) is 13.0. The molecule has 19 heavy (non-hydrogen) atoms. The lowest BCUT2D eigenvalue weighted by Gasteiger charge is -2.19. The smallest absolute Gasteiger partial charge is 0.222 e. The van der Waals surface area contributed by atoms with Crippen LogP contribution in [0.3, 0.4) is 0 Å². The Hall–Kier alpha value is -0.580. The molecule has 1 aromatic carbocycles. The highest BCUT2D eigenvalue weighted by atomic mass is 79.9. The van der Waals surface area contributed by atoms with Gasteiger partial charge >= 0.3 is 0 Å². The Morgan fingerprint density at radius 1 is 1.53 bits per heavy atom. The largest absolute Gasteiger partial charge is 0.341 e. The number of hydrogen-bond acceptors (Lipinski definition) is 2. The second-order valence-electron chi connectivity index (χ2n) is 4.94. The number of carbonyl (C=O) groups excluding carboxylic acids is 1. The highest BCUT2D eigenvalue weighted by molar-refractivity contribution is 9.10. The van der Waals surface area contributed by atoms with Gasteiger partial charge < -0.3 is 10.2 Å². The first-order valence-corrected chi connectivity index (χ1v) is 7.13. The maximum absolute atomic E-state index is 12.1. The van der Waals surface area contributed by atoms with E-state index in [9.17, 15) is 4.79 Å². The lowest BCUT2D eigenvalue weighted by Crippen LogP contribution is -2.28. The van der Waals surface area contributed by atoms with E-state index in [2.05, 4.69) is 27.3 Å². The molecular formula is C14H20BrClN2O. The van der Waals surface area contributed by atoms with Crippen molar-refractivity contribution in [3.8, 4) is 0 Å². The maximum atomic E-state index is 12.1. The molecule has 0 radical (unpaired) electrons. The molecule has 3 nitrogen and oxygen atoms in total. The number of amides is 1. The minimum atomic E-state index is 0. The second-order valence-corrected chi connectivity index (χ2v) is 5.86. The van der Waals surface area contributed by atoms with Gasteiger partial charge in [-0.05, 0) is 43.1 Å². The summed E-state index contributed by atoms with van der Waals surface area (Å²) >= 11 is 3.45. The summed E-state index contributed by atoms with van der Waals surface area (Å²) in [4.78, 5) is 13.9. The Labute approximate surface area is 129 Å². The van der Waals surface area contributed by atoms with Gasteiger partial charge in [0, 0.05) is 24.5 Å². The number of halogens is 2. The molecule has 0 aromatic heterocycles. The minimum absolute atomic E-state index is 0. The van der Waals surface area contributed by atoms with Gasteiger partial charge in [0.25, 0.3) is 0 Å². The van der Waals surface area contributed by atoms with Gasteiger partial charge in [-0.2, -0.15) is 0 Å². The molecule has 106 valence electrons. The lowest BCUT2D eigenvalue weighted by molar-refractivity contribution is -0.131. The topological polar surface area (TPSA) is 32.3 Å². The van der Waals surface area contributed by atoms with Crippen molar-refractivity contribution in [1.29, 1.82) is 0 Å². The van der Waals surface area contributed by atoms with E-state index < -0.39 is 0 Å². The van der Waals surface area contributed by atoms with Gasteiger partial charge in [0.05, 0.1) is 0 Å². The maximum Gasteiger partial charge on any atom is 0.222 e. The fourth-order valence-electron chi connectivity index (χ4n) is 2.29. The van der Waals surface area contributed by atoms with E-state index in [-0.39, 0.29) is 18.3 Å². The van der Waals surface area contributed by atoms with Crippen molar-refractivity contribution >= 4 is 34.2 Å². The third kappa shape index (κ3) is 5.13. The van der Waals surface area contributed by atoms with Gasteiger partial charge in [-0.3, -0.25) is 4.79 Å². The average Bonchev–Trinajstić information content (AvgIpc) is 2.81. The molecule has 0 bridgehead atoms. The molecule has 0 aliphatic carbocycles. The van der Waals surface area contributed by atoms with Crippen LogP contribution in [0.2, 0.25) is 0 Å². The molecule has 1 aliphatic rings. The quantitative estimate of drug-likeness (QED) is 0.908. The van der Waals surface area contributed by atoms with Crippen molar-refractivity contribution in [3.63, 3.8) is 0 Å². The van der Waals surface area contributed by atoms with Crippen LogP contribution >= 0.6 is 28.3 Å². The minimum Gasteiger partial charge on any atom is -0.341 e. The summed E-state index contributed by atoms with van der Waals surface area (Å²) in [5.74, 6) is 0.756. The first-order valence-electron chi connectivity index (χ1n) is 6.34. The zero-order valence-electron chi connectivity index (χ0n) is 11.1. The van der Waals surface area contributed by atoms with Crippen LogP contribution in [0, 0.1) is 5.92 Å². The predicted molar refractivity (Wildman–Crippen MR) is 83.5 cm³/mol. The summed E-state index contributed by atoms with van der Waals surface area (Å²) in [5, 5.41) is 3.30. The summed E-state index contributed by atoms with van der Waals surface area (Å²) in [7, 11) is 1.88. The van der Waals surface area contributed by atoms with E-state index in [1.807, 2.05) is 30.1 Å². The Balaban J connectivity index is 0.00000180. The normalized spacial score (nSPS) is 17.9. The summed E-state index contributed by atoms with van der Waals surface area (Å²) in [6.07, 6.45) is 1.79. The van der Waals surface area contributed by atoms with Crippen LogP contribution in [0.4, 0.5) is 0 Å². The molecule has 5 heteroatoms. The average molecular weight is 348 g/mol. The molecular weight excluding hydrogens is 328 g/mol. The van der Waals surface area contributed by atoms with Crippen LogP contribution in [0.5, 0.6) is 0 Å². The highest BCUT2D eigenvalue weighted by Gasteiger charge is 2.20. The number of benzene rings is 1. The van der Waals surface area contributed by atoms with E-state index in [1.165, 1.54) is 0 Å². The third-order valence-electron chi connectivity index (χ3n) is 3.36. The Bertz CT molecular complexity index is 422. The van der Waals surface area contributed by atoms with E-state index >= 15 is 0 Å². The second kappa shape index (κ2) is 7.88. The molecule has 1 N–H and O–H groups in total. The fourth-order valence-corrected chi connectivity index (χ4v) is 2.74. The molecule has 1 fully saturated rings. The third-order valence-corrected chi connectivity index (χ3v) is 3.85. The predicted octanol–water partition coefficient (Wildman–Crippen LogP) is 2.83. The van der Waals surface area contributed by atoms with Crippen LogP contribution in [-0.2, 0) is 11.3 Å². The number of nitrogens with one attached hydrogen (secondary N) is 1. The molecule has 1 aliphatic heterocycles. The Morgan fingerprint density at radius 2 is 2.32 bits per heavy atom. The molecule has 1 aromatic rings. The van der Waals surface area contributed by atoms with Crippen molar-refractivity contribution in [1.82, 2.24) is 10.2 Å². The lowest BCUT2D eigenvalue weighted by atomic mass is 10.0. The zero-order valence-corrected chi connectivity index (χ0v) is 13.5. The Kier molecular flexibility index (Phi) is 6.83. The van der Waals surface area contributed by atoms with Gasteiger partial charge in [0.2, 0.25) is 5.91 Å². The summed E-state index contributed by atoms with van der Waals surface area (Å²) in [5.41, 5.74) is 1.16.